The molecule has 0 saturated carbocycles. The minimum absolute atomic E-state index is 0.0331. The molecule has 1 amide bonds. The topological polar surface area (TPSA) is 58.6 Å². The lowest BCUT2D eigenvalue weighted by Gasteiger charge is -2.48. The summed E-state index contributed by atoms with van der Waals surface area (Å²) in [5, 5.41) is 0. The minimum atomic E-state index is -0.314. The summed E-state index contributed by atoms with van der Waals surface area (Å²) in [6.07, 6.45) is 7.13. The molecule has 0 aliphatic carbocycles. The molecule has 0 N–H and O–H groups in total. The molecule has 2 saturated heterocycles. The van der Waals surface area contributed by atoms with Gasteiger partial charge >= 0.3 is 0 Å². The van der Waals surface area contributed by atoms with Gasteiger partial charge in [0.25, 0.3) is 5.91 Å². The van der Waals surface area contributed by atoms with Crippen molar-refractivity contribution in [2.45, 2.75) is 18.4 Å². The fourth-order valence-corrected chi connectivity index (χ4v) is 3.77. The van der Waals surface area contributed by atoms with E-state index in [9.17, 15) is 4.79 Å². The molecule has 0 bridgehead atoms. The number of carbonyl (C=O) groups is 1. The van der Waals surface area contributed by atoms with Gasteiger partial charge in [0.1, 0.15) is 11.4 Å². The van der Waals surface area contributed by atoms with E-state index in [0.717, 1.165) is 31.7 Å². The van der Waals surface area contributed by atoms with Gasteiger partial charge in [0.2, 0.25) is 0 Å². The molecule has 2 aliphatic rings. The first kappa shape index (κ1) is 16.0. The number of aromatic nitrogens is 2. The Morgan fingerprint density at radius 1 is 1.12 bits per heavy atom. The molecule has 2 aromatic rings. The third kappa shape index (κ3) is 3.35. The number of hydrogen-bond acceptors (Lipinski definition) is 5. The van der Waals surface area contributed by atoms with Crippen molar-refractivity contribution in [2.24, 2.45) is 0 Å². The van der Waals surface area contributed by atoms with E-state index in [1.165, 1.54) is 0 Å². The van der Waals surface area contributed by atoms with Crippen molar-refractivity contribution in [1.29, 1.82) is 0 Å². The number of anilines is 1. The molecule has 0 aromatic carbocycles. The van der Waals surface area contributed by atoms with Gasteiger partial charge in [0.05, 0.1) is 25.3 Å². The Labute approximate surface area is 147 Å². The van der Waals surface area contributed by atoms with Crippen molar-refractivity contribution in [1.82, 2.24) is 14.9 Å². The molecule has 6 heteroatoms. The van der Waals surface area contributed by atoms with Gasteiger partial charge in [-0.05, 0) is 37.1 Å². The Morgan fingerprint density at radius 2 is 2.08 bits per heavy atom. The fourth-order valence-electron chi connectivity index (χ4n) is 3.77. The van der Waals surface area contributed by atoms with Crippen LogP contribution < -0.4 is 4.90 Å². The highest BCUT2D eigenvalue weighted by Crippen LogP contribution is 2.31. The average Bonchev–Trinajstić information content (AvgIpc) is 2.69. The summed E-state index contributed by atoms with van der Waals surface area (Å²) in [5.74, 6) is 1.01. The van der Waals surface area contributed by atoms with E-state index in [1.54, 1.807) is 18.5 Å². The molecule has 1 spiro atoms. The number of carbonyl (C=O) groups excluding carboxylic acids is 1. The predicted octanol–water partition coefficient (Wildman–Crippen LogP) is 1.99. The fraction of sp³-hybridized carbons (Fsp3) is 0.421. The molecule has 130 valence electrons. The van der Waals surface area contributed by atoms with Crippen LogP contribution >= 0.6 is 0 Å². The van der Waals surface area contributed by atoms with Crippen LogP contribution in [0.4, 0.5) is 5.82 Å². The van der Waals surface area contributed by atoms with Gasteiger partial charge in [-0.3, -0.25) is 9.78 Å². The summed E-state index contributed by atoms with van der Waals surface area (Å²) in [5.41, 5.74) is 0.322. The van der Waals surface area contributed by atoms with Crippen molar-refractivity contribution in [3.8, 4) is 0 Å². The van der Waals surface area contributed by atoms with Crippen LogP contribution in [0, 0.1) is 0 Å². The smallest absolute Gasteiger partial charge is 0.255 e. The predicted molar refractivity (Wildman–Crippen MR) is 94.5 cm³/mol. The average molecular weight is 338 g/mol. The second-order valence-corrected chi connectivity index (χ2v) is 6.71. The zero-order valence-corrected chi connectivity index (χ0v) is 14.2. The number of pyridine rings is 2. The number of hydrogen-bond donors (Lipinski definition) is 0. The van der Waals surface area contributed by atoms with E-state index >= 15 is 0 Å². The third-order valence-corrected chi connectivity index (χ3v) is 4.96. The summed E-state index contributed by atoms with van der Waals surface area (Å²) in [6, 6.07) is 9.57. The Bertz CT molecular complexity index is 721. The number of ether oxygens (including phenoxy) is 1. The van der Waals surface area contributed by atoms with E-state index in [1.807, 2.05) is 35.4 Å². The largest absolute Gasteiger partial charge is 0.369 e. The molecular weight excluding hydrogens is 316 g/mol. The van der Waals surface area contributed by atoms with Gasteiger partial charge in [-0.25, -0.2) is 4.98 Å². The van der Waals surface area contributed by atoms with Crippen LogP contribution in [0.2, 0.25) is 0 Å². The molecular formula is C19H22N4O2. The van der Waals surface area contributed by atoms with Gasteiger partial charge in [-0.15, -0.1) is 0 Å². The first-order chi connectivity index (χ1) is 12.3. The lowest BCUT2D eigenvalue weighted by atomic mass is 9.90. The Kier molecular flexibility index (Phi) is 4.36. The molecule has 6 nitrogen and oxygen atoms in total. The third-order valence-electron chi connectivity index (χ3n) is 4.96. The molecule has 4 rings (SSSR count). The number of piperidine rings is 1. The van der Waals surface area contributed by atoms with E-state index in [4.69, 9.17) is 4.74 Å². The maximum Gasteiger partial charge on any atom is 0.255 e. The molecule has 1 atom stereocenters. The standard InChI is InChI=1S/C19H22N4O2/c24-18(16-5-3-8-20-13-16)23-11-12-25-19(15-23)7-4-10-22(14-19)17-6-1-2-9-21-17/h1-3,5-6,8-9,13H,4,7,10-12,14-15H2/t19-/m0/s1. The molecule has 2 aromatic heterocycles. The van der Waals surface area contributed by atoms with Crippen LogP contribution in [-0.2, 0) is 4.74 Å². The van der Waals surface area contributed by atoms with Crippen LogP contribution in [0.25, 0.3) is 0 Å². The van der Waals surface area contributed by atoms with Crippen LogP contribution in [0.1, 0.15) is 23.2 Å². The summed E-state index contributed by atoms with van der Waals surface area (Å²) >= 11 is 0. The van der Waals surface area contributed by atoms with E-state index in [-0.39, 0.29) is 11.5 Å². The summed E-state index contributed by atoms with van der Waals surface area (Å²) in [4.78, 5) is 25.5. The van der Waals surface area contributed by atoms with E-state index < -0.39 is 0 Å². The normalized spacial score (nSPS) is 23.7. The molecule has 4 heterocycles. The van der Waals surface area contributed by atoms with Crippen molar-refractivity contribution in [3.05, 3.63) is 54.5 Å². The van der Waals surface area contributed by atoms with Gasteiger partial charge in [0, 0.05) is 31.7 Å². The molecule has 2 fully saturated rings. The zero-order chi connectivity index (χ0) is 17.1. The van der Waals surface area contributed by atoms with Gasteiger partial charge in [-0.2, -0.15) is 0 Å². The number of rotatable bonds is 2. The first-order valence-corrected chi connectivity index (χ1v) is 8.75. The van der Waals surface area contributed by atoms with E-state index in [0.29, 0.717) is 25.3 Å². The molecule has 0 radical (unpaired) electrons. The molecule has 25 heavy (non-hydrogen) atoms. The summed E-state index contributed by atoms with van der Waals surface area (Å²) < 4.78 is 6.20. The zero-order valence-electron chi connectivity index (χ0n) is 14.2. The van der Waals surface area contributed by atoms with Gasteiger partial charge < -0.3 is 14.5 Å². The van der Waals surface area contributed by atoms with Crippen molar-refractivity contribution >= 4 is 11.7 Å². The summed E-state index contributed by atoms with van der Waals surface area (Å²) in [7, 11) is 0. The Balaban J connectivity index is 1.51. The van der Waals surface area contributed by atoms with E-state index in [2.05, 4.69) is 14.9 Å². The Hall–Kier alpha value is -2.47. The lowest BCUT2D eigenvalue weighted by molar-refractivity contribution is -0.105. The molecule has 0 unspecified atom stereocenters. The van der Waals surface area contributed by atoms with Gasteiger partial charge in [0.15, 0.2) is 0 Å². The quantitative estimate of drug-likeness (QED) is 0.838. The first-order valence-electron chi connectivity index (χ1n) is 8.75. The van der Waals surface area contributed by atoms with Crippen LogP contribution in [0.15, 0.2) is 48.9 Å². The second-order valence-electron chi connectivity index (χ2n) is 6.71. The van der Waals surface area contributed by atoms with Crippen molar-refractivity contribution < 1.29 is 9.53 Å². The van der Waals surface area contributed by atoms with Crippen LogP contribution in [-0.4, -0.2) is 59.2 Å². The number of amides is 1. The highest BCUT2D eigenvalue weighted by molar-refractivity contribution is 5.94. The summed E-state index contributed by atoms with van der Waals surface area (Å²) in [6.45, 7) is 3.55. The van der Waals surface area contributed by atoms with Crippen molar-refractivity contribution in [2.75, 3.05) is 37.7 Å². The maximum absolute atomic E-state index is 12.8. The van der Waals surface area contributed by atoms with Gasteiger partial charge in [-0.1, -0.05) is 6.07 Å². The minimum Gasteiger partial charge on any atom is -0.369 e. The SMILES string of the molecule is O=C(c1cccnc1)N1CCO[C@]2(CCCN(c3ccccn3)C2)C1. The maximum atomic E-state index is 12.8. The van der Waals surface area contributed by atoms with Crippen molar-refractivity contribution in [3.63, 3.8) is 0 Å². The Morgan fingerprint density at radius 3 is 2.88 bits per heavy atom. The number of morpholine rings is 1. The lowest BCUT2D eigenvalue weighted by Crippen LogP contribution is -2.61. The number of nitrogens with zero attached hydrogens (tertiary/aromatic N) is 4. The highest BCUT2D eigenvalue weighted by atomic mass is 16.5. The second kappa shape index (κ2) is 6.80. The molecule has 2 aliphatic heterocycles. The van der Waals surface area contributed by atoms with Crippen LogP contribution in [0.5, 0.6) is 0 Å². The highest BCUT2D eigenvalue weighted by Gasteiger charge is 2.42. The van der Waals surface area contributed by atoms with Crippen LogP contribution in [0.3, 0.4) is 0 Å². The monoisotopic (exact) mass is 338 g/mol.